The first-order valence-electron chi connectivity index (χ1n) is 10.3. The van der Waals surface area contributed by atoms with E-state index in [1.54, 1.807) is 0 Å². The van der Waals surface area contributed by atoms with Gasteiger partial charge in [-0.2, -0.15) is 0 Å². The fourth-order valence-corrected chi connectivity index (χ4v) is 6.15. The Bertz CT molecular complexity index is 577. The van der Waals surface area contributed by atoms with Gasteiger partial charge in [0, 0.05) is 4.90 Å². The quantitative estimate of drug-likeness (QED) is 0.191. The molecule has 0 saturated heterocycles. The molecule has 2 heteroatoms. The Hall–Kier alpha value is -0.860. The van der Waals surface area contributed by atoms with Crippen molar-refractivity contribution in [3.05, 3.63) is 54.6 Å². The lowest BCUT2D eigenvalue weighted by Gasteiger charge is -2.09. The lowest BCUT2D eigenvalue weighted by atomic mass is 10.2. The number of unbranched alkanes of at least 4 members (excludes halogenated alkanes) is 6. The minimum Gasteiger partial charge on any atom is -0.126 e. The minimum absolute atomic E-state index is 0.218. The Kier molecular flexibility index (Phi) is 11.0. The molecule has 0 bridgehead atoms. The predicted molar refractivity (Wildman–Crippen MR) is 121 cm³/mol. The second-order valence-corrected chi connectivity index (χ2v) is 10.1. The molecule has 0 nitrogen and oxygen atoms in total. The van der Waals surface area contributed by atoms with Gasteiger partial charge in [0.2, 0.25) is 0 Å². The van der Waals surface area contributed by atoms with Crippen molar-refractivity contribution in [2.24, 2.45) is 0 Å². The first kappa shape index (κ1) is 21.4. The van der Waals surface area contributed by atoms with Gasteiger partial charge in [0.05, 0.1) is 10.9 Å². The molecular formula is C24H35S2+. The van der Waals surface area contributed by atoms with Gasteiger partial charge in [-0.15, -0.1) is 11.8 Å². The van der Waals surface area contributed by atoms with Gasteiger partial charge in [0.15, 0.2) is 9.79 Å². The van der Waals surface area contributed by atoms with Gasteiger partial charge in [-0.25, -0.2) is 0 Å². The van der Waals surface area contributed by atoms with E-state index in [1.807, 2.05) is 11.8 Å². The van der Waals surface area contributed by atoms with E-state index >= 15 is 0 Å². The van der Waals surface area contributed by atoms with Crippen LogP contribution >= 0.6 is 11.8 Å². The maximum atomic E-state index is 2.38. The molecule has 0 aromatic heterocycles. The highest BCUT2D eigenvalue weighted by molar-refractivity contribution is 7.99. The molecule has 142 valence electrons. The monoisotopic (exact) mass is 387 g/mol. The third-order valence-corrected chi connectivity index (χ3v) is 8.08. The fourth-order valence-electron chi connectivity index (χ4n) is 3.05. The zero-order chi connectivity index (χ0) is 18.5. The van der Waals surface area contributed by atoms with Crippen LogP contribution in [0, 0.1) is 0 Å². The smallest absolute Gasteiger partial charge is 0.126 e. The number of hydrogen-bond donors (Lipinski definition) is 0. The summed E-state index contributed by atoms with van der Waals surface area (Å²) in [5, 5.41) is 0. The zero-order valence-electron chi connectivity index (χ0n) is 16.6. The second kappa shape index (κ2) is 13.3. The van der Waals surface area contributed by atoms with E-state index in [0.717, 1.165) is 0 Å². The van der Waals surface area contributed by atoms with Gasteiger partial charge in [-0.1, -0.05) is 64.2 Å². The van der Waals surface area contributed by atoms with Crippen molar-refractivity contribution in [3.63, 3.8) is 0 Å². The molecule has 0 spiro atoms. The van der Waals surface area contributed by atoms with Crippen LogP contribution in [0.5, 0.6) is 0 Å². The molecule has 0 N–H and O–H groups in total. The number of benzene rings is 2. The summed E-state index contributed by atoms with van der Waals surface area (Å²) >= 11 is 2.01. The van der Waals surface area contributed by atoms with E-state index < -0.39 is 0 Å². The molecule has 0 saturated carbocycles. The molecule has 0 aliphatic heterocycles. The Labute approximate surface area is 168 Å². The first-order chi connectivity index (χ1) is 12.8. The molecular weight excluding hydrogens is 352 g/mol. The van der Waals surface area contributed by atoms with Gasteiger partial charge in [-0.05, 0) is 61.4 Å². The van der Waals surface area contributed by atoms with Crippen molar-refractivity contribution < 1.29 is 0 Å². The summed E-state index contributed by atoms with van der Waals surface area (Å²) in [4.78, 5) is 4.42. The lowest BCUT2D eigenvalue weighted by molar-refractivity contribution is 0.705. The largest absolute Gasteiger partial charge is 0.160 e. The van der Waals surface area contributed by atoms with Crippen LogP contribution in [0.3, 0.4) is 0 Å². The molecule has 2 aromatic rings. The van der Waals surface area contributed by atoms with Gasteiger partial charge in [0.1, 0.15) is 5.75 Å². The average Bonchev–Trinajstić information content (AvgIpc) is 2.69. The molecule has 0 heterocycles. The summed E-state index contributed by atoms with van der Waals surface area (Å²) in [6.45, 7) is 4.56. The molecule has 0 fully saturated rings. The molecule has 0 aliphatic carbocycles. The van der Waals surface area contributed by atoms with Crippen LogP contribution in [0.25, 0.3) is 0 Å². The normalized spacial score (nSPS) is 12.2. The van der Waals surface area contributed by atoms with Crippen LogP contribution in [0.1, 0.15) is 65.2 Å². The van der Waals surface area contributed by atoms with Crippen molar-refractivity contribution >= 4 is 22.7 Å². The third-order valence-electron chi connectivity index (χ3n) is 4.60. The summed E-state index contributed by atoms with van der Waals surface area (Å²) in [5.41, 5.74) is 0. The highest BCUT2D eigenvalue weighted by Crippen LogP contribution is 2.28. The zero-order valence-corrected chi connectivity index (χ0v) is 18.2. The van der Waals surface area contributed by atoms with Crippen LogP contribution in [0.2, 0.25) is 0 Å². The summed E-state index contributed by atoms with van der Waals surface area (Å²) in [6, 6.07) is 20.5. The molecule has 2 aromatic carbocycles. The Morgan fingerprint density at radius 3 is 1.92 bits per heavy atom. The summed E-state index contributed by atoms with van der Waals surface area (Å²) in [7, 11) is 0.218. The Morgan fingerprint density at radius 2 is 1.27 bits per heavy atom. The van der Waals surface area contributed by atoms with Crippen molar-refractivity contribution in [2.45, 2.75) is 79.9 Å². The summed E-state index contributed by atoms with van der Waals surface area (Å²) in [6.07, 6.45) is 10.8. The maximum Gasteiger partial charge on any atom is 0.160 e. The molecule has 26 heavy (non-hydrogen) atoms. The van der Waals surface area contributed by atoms with Crippen molar-refractivity contribution in [2.75, 3.05) is 11.5 Å². The predicted octanol–water partition coefficient (Wildman–Crippen LogP) is 7.98. The van der Waals surface area contributed by atoms with Crippen LogP contribution in [0.15, 0.2) is 69.3 Å². The third kappa shape index (κ3) is 7.80. The SMILES string of the molecule is CCCCCCSc1ccc([S+](CCCCCC)c2ccccc2)cc1. The topological polar surface area (TPSA) is 0 Å². The van der Waals surface area contributed by atoms with Crippen molar-refractivity contribution in [1.82, 2.24) is 0 Å². The minimum atomic E-state index is 0.218. The highest BCUT2D eigenvalue weighted by Gasteiger charge is 2.24. The molecule has 1 unspecified atom stereocenters. The lowest BCUT2D eigenvalue weighted by Crippen LogP contribution is -2.09. The summed E-state index contributed by atoms with van der Waals surface area (Å²) in [5.74, 6) is 2.54. The Balaban J connectivity index is 1.96. The molecule has 0 amide bonds. The van der Waals surface area contributed by atoms with Crippen molar-refractivity contribution in [1.29, 1.82) is 0 Å². The average molecular weight is 388 g/mol. The van der Waals surface area contributed by atoms with E-state index in [9.17, 15) is 0 Å². The van der Waals surface area contributed by atoms with Gasteiger partial charge in [-0.3, -0.25) is 0 Å². The Morgan fingerprint density at radius 1 is 0.654 bits per heavy atom. The van der Waals surface area contributed by atoms with Gasteiger partial charge < -0.3 is 0 Å². The number of rotatable bonds is 13. The van der Waals surface area contributed by atoms with Crippen LogP contribution in [-0.2, 0) is 10.9 Å². The number of hydrogen-bond acceptors (Lipinski definition) is 1. The highest BCUT2D eigenvalue weighted by atomic mass is 32.2. The fraction of sp³-hybridized carbons (Fsp3) is 0.500. The van der Waals surface area contributed by atoms with E-state index in [0.29, 0.717) is 0 Å². The van der Waals surface area contributed by atoms with Crippen LogP contribution in [-0.4, -0.2) is 11.5 Å². The van der Waals surface area contributed by atoms with E-state index in [2.05, 4.69) is 68.4 Å². The number of thioether (sulfide) groups is 1. The van der Waals surface area contributed by atoms with E-state index in [-0.39, 0.29) is 10.9 Å². The van der Waals surface area contributed by atoms with Crippen LogP contribution in [0.4, 0.5) is 0 Å². The molecule has 1 atom stereocenters. The molecule has 2 rings (SSSR count). The maximum absolute atomic E-state index is 2.38. The molecule has 0 radical (unpaired) electrons. The van der Waals surface area contributed by atoms with Gasteiger partial charge >= 0.3 is 0 Å². The van der Waals surface area contributed by atoms with E-state index in [1.165, 1.54) is 77.6 Å². The molecule has 0 aliphatic rings. The summed E-state index contributed by atoms with van der Waals surface area (Å²) < 4.78 is 0. The van der Waals surface area contributed by atoms with Crippen LogP contribution < -0.4 is 0 Å². The second-order valence-electron chi connectivity index (χ2n) is 6.85. The van der Waals surface area contributed by atoms with E-state index in [4.69, 9.17) is 0 Å². The first-order valence-corrected chi connectivity index (χ1v) is 12.7. The van der Waals surface area contributed by atoms with Crippen molar-refractivity contribution in [3.8, 4) is 0 Å². The standard InChI is InChI=1S/C24H35S2/c1-3-5-7-12-20-25-22-16-18-24(19-17-22)26(21-13-8-6-4-2)23-14-10-9-11-15-23/h9-11,14-19H,3-8,12-13,20-21H2,1-2H3/q+1. The van der Waals surface area contributed by atoms with Gasteiger partial charge in [0.25, 0.3) is 0 Å².